The molecule has 4 rings (SSSR count). The molecule has 9 heteroatoms. The molecule has 2 aromatic carbocycles. The Morgan fingerprint density at radius 3 is 2.55 bits per heavy atom. The Morgan fingerprint density at radius 2 is 1.86 bits per heavy atom. The highest BCUT2D eigenvalue weighted by Crippen LogP contribution is 2.45. The Hall–Kier alpha value is -2.52. The predicted octanol–water partition coefficient (Wildman–Crippen LogP) is 2.62. The highest BCUT2D eigenvalue weighted by Gasteiger charge is 2.50. The number of rotatable bonds is 4. The maximum absolute atomic E-state index is 12.7. The van der Waals surface area contributed by atoms with E-state index in [0.717, 1.165) is 0 Å². The van der Waals surface area contributed by atoms with Gasteiger partial charge in [-0.2, -0.15) is 4.99 Å². The Morgan fingerprint density at radius 1 is 1.10 bits per heavy atom. The molecular formula is C20H20N2O5S2. The number of aliphatic imine (C=N–C) groups is 1. The first-order chi connectivity index (χ1) is 13.9. The van der Waals surface area contributed by atoms with E-state index in [1.807, 2.05) is 11.0 Å². The number of hydrogen-bond acceptors (Lipinski definition) is 6. The zero-order valence-corrected chi connectivity index (χ0v) is 17.6. The molecule has 2 saturated heterocycles. The molecular weight excluding hydrogens is 412 g/mol. The van der Waals surface area contributed by atoms with Crippen molar-refractivity contribution in [2.24, 2.45) is 4.99 Å². The van der Waals surface area contributed by atoms with Gasteiger partial charge in [0.05, 0.1) is 37.5 Å². The molecule has 2 aromatic rings. The van der Waals surface area contributed by atoms with Gasteiger partial charge in [0.2, 0.25) is 0 Å². The van der Waals surface area contributed by atoms with Gasteiger partial charge in [-0.1, -0.05) is 30.0 Å². The number of methoxy groups -OCH3 is 2. The van der Waals surface area contributed by atoms with Crippen LogP contribution in [-0.4, -0.2) is 56.5 Å². The molecule has 2 aliphatic rings. The van der Waals surface area contributed by atoms with Crippen LogP contribution in [0.4, 0.5) is 5.69 Å². The average molecular weight is 433 g/mol. The van der Waals surface area contributed by atoms with Crippen molar-refractivity contribution in [1.29, 1.82) is 0 Å². The Balaban J connectivity index is 1.80. The van der Waals surface area contributed by atoms with E-state index in [0.29, 0.717) is 27.9 Å². The van der Waals surface area contributed by atoms with Gasteiger partial charge in [-0.3, -0.25) is 4.79 Å². The van der Waals surface area contributed by atoms with Gasteiger partial charge in [-0.05, 0) is 24.3 Å². The van der Waals surface area contributed by atoms with Crippen LogP contribution in [0.15, 0.2) is 53.5 Å². The minimum atomic E-state index is -3.16. The Labute approximate surface area is 173 Å². The van der Waals surface area contributed by atoms with E-state index in [1.54, 1.807) is 56.7 Å². The number of thioether (sulfide) groups is 1. The summed E-state index contributed by atoms with van der Waals surface area (Å²) in [5.74, 6) is 0.843. The number of ether oxygens (including phenoxy) is 2. The van der Waals surface area contributed by atoms with Crippen LogP contribution in [0, 0.1) is 0 Å². The van der Waals surface area contributed by atoms with E-state index < -0.39 is 9.84 Å². The fourth-order valence-corrected chi connectivity index (χ4v) is 7.47. The zero-order valence-electron chi connectivity index (χ0n) is 15.9. The lowest BCUT2D eigenvalue weighted by Crippen LogP contribution is -2.38. The summed E-state index contributed by atoms with van der Waals surface area (Å²) in [6, 6.07) is 13.8. The first-order valence-corrected chi connectivity index (χ1v) is 11.7. The fraction of sp³-hybridized carbons (Fsp3) is 0.300. The highest BCUT2D eigenvalue weighted by atomic mass is 32.2. The van der Waals surface area contributed by atoms with Gasteiger partial charge in [0, 0.05) is 16.9 Å². The number of hydrogen-bond donors (Lipinski definition) is 0. The SMILES string of the molecule is COc1ccc(OC)c(N2C(=NC(=O)c3ccccc3)SC3CS(=O)(=O)CC32)c1. The first-order valence-electron chi connectivity index (χ1n) is 8.98. The Bertz CT molecular complexity index is 1070. The van der Waals surface area contributed by atoms with Crippen molar-refractivity contribution in [3.63, 3.8) is 0 Å². The summed E-state index contributed by atoms with van der Waals surface area (Å²) in [5.41, 5.74) is 1.10. The van der Waals surface area contributed by atoms with Crippen LogP contribution in [0.1, 0.15) is 10.4 Å². The van der Waals surface area contributed by atoms with Crippen molar-refractivity contribution >= 4 is 38.4 Å². The van der Waals surface area contributed by atoms with Crippen LogP contribution in [0.25, 0.3) is 0 Å². The van der Waals surface area contributed by atoms with Crippen LogP contribution in [0.5, 0.6) is 11.5 Å². The molecule has 0 aliphatic carbocycles. The van der Waals surface area contributed by atoms with Crippen LogP contribution in [0.2, 0.25) is 0 Å². The third-order valence-electron chi connectivity index (χ3n) is 4.93. The minimum Gasteiger partial charge on any atom is -0.497 e. The van der Waals surface area contributed by atoms with Crippen LogP contribution in [-0.2, 0) is 9.84 Å². The lowest BCUT2D eigenvalue weighted by atomic mass is 10.1. The van der Waals surface area contributed by atoms with Gasteiger partial charge in [-0.25, -0.2) is 8.42 Å². The maximum Gasteiger partial charge on any atom is 0.279 e. The van der Waals surface area contributed by atoms with Gasteiger partial charge in [-0.15, -0.1) is 0 Å². The fourth-order valence-electron chi connectivity index (χ4n) is 3.56. The van der Waals surface area contributed by atoms with E-state index in [1.165, 1.54) is 11.8 Å². The molecule has 0 saturated carbocycles. The molecule has 1 amide bonds. The standard InChI is InChI=1S/C20H20N2O5S2/c1-26-14-8-9-17(27-2)15(10-14)22-16-11-29(24,25)12-18(16)28-20(22)21-19(23)13-6-4-3-5-7-13/h3-10,16,18H,11-12H2,1-2H3. The number of benzene rings is 2. The summed E-state index contributed by atoms with van der Waals surface area (Å²) in [6.45, 7) is 0. The normalized spacial score (nSPS) is 23.8. The van der Waals surface area contributed by atoms with Crippen molar-refractivity contribution in [3.05, 3.63) is 54.1 Å². The smallest absolute Gasteiger partial charge is 0.279 e. The summed E-state index contributed by atoms with van der Waals surface area (Å²) in [4.78, 5) is 18.8. The number of nitrogens with zero attached hydrogens (tertiary/aromatic N) is 2. The van der Waals surface area contributed by atoms with E-state index >= 15 is 0 Å². The van der Waals surface area contributed by atoms with Crippen LogP contribution < -0.4 is 14.4 Å². The van der Waals surface area contributed by atoms with Crippen LogP contribution >= 0.6 is 11.8 Å². The second-order valence-electron chi connectivity index (χ2n) is 6.77. The molecule has 7 nitrogen and oxygen atoms in total. The molecule has 2 heterocycles. The average Bonchev–Trinajstić information content (AvgIpc) is 3.18. The third-order valence-corrected chi connectivity index (χ3v) is 8.14. The third kappa shape index (κ3) is 3.84. The van der Waals surface area contributed by atoms with Crippen molar-refractivity contribution < 1.29 is 22.7 Å². The summed E-state index contributed by atoms with van der Waals surface area (Å²) >= 11 is 1.32. The Kier molecular flexibility index (Phi) is 5.26. The molecule has 0 aromatic heterocycles. The number of amidine groups is 1. The van der Waals surface area contributed by atoms with E-state index in [2.05, 4.69) is 4.99 Å². The summed E-state index contributed by atoms with van der Waals surface area (Å²) in [6.07, 6.45) is 0. The summed E-state index contributed by atoms with van der Waals surface area (Å²) < 4.78 is 35.3. The van der Waals surface area contributed by atoms with Crippen molar-refractivity contribution in [2.75, 3.05) is 30.6 Å². The number of amides is 1. The van der Waals surface area contributed by atoms with Crippen molar-refractivity contribution in [2.45, 2.75) is 11.3 Å². The molecule has 152 valence electrons. The maximum atomic E-state index is 12.7. The topological polar surface area (TPSA) is 85.3 Å². The van der Waals surface area contributed by atoms with E-state index in [-0.39, 0.29) is 28.7 Å². The van der Waals surface area contributed by atoms with Crippen molar-refractivity contribution in [3.8, 4) is 11.5 Å². The van der Waals surface area contributed by atoms with Gasteiger partial charge >= 0.3 is 0 Å². The monoisotopic (exact) mass is 432 g/mol. The lowest BCUT2D eigenvalue weighted by molar-refractivity contribution is 0.100. The van der Waals surface area contributed by atoms with Crippen LogP contribution in [0.3, 0.4) is 0 Å². The molecule has 2 unspecified atom stereocenters. The van der Waals surface area contributed by atoms with Crippen molar-refractivity contribution in [1.82, 2.24) is 0 Å². The number of carbonyl (C=O) groups excluding carboxylic acids is 1. The largest absolute Gasteiger partial charge is 0.497 e. The molecule has 0 N–H and O–H groups in total. The predicted molar refractivity (Wildman–Crippen MR) is 114 cm³/mol. The molecule has 0 bridgehead atoms. The van der Waals surface area contributed by atoms with Gasteiger partial charge < -0.3 is 14.4 Å². The summed E-state index contributed by atoms with van der Waals surface area (Å²) in [5, 5.41) is 0.272. The molecule has 0 spiro atoms. The number of carbonyl (C=O) groups is 1. The first kappa shape index (κ1) is 19.8. The quantitative estimate of drug-likeness (QED) is 0.734. The molecule has 0 radical (unpaired) electrons. The number of fused-ring (bicyclic) bond motifs is 1. The zero-order chi connectivity index (χ0) is 20.6. The number of anilines is 1. The van der Waals surface area contributed by atoms with Gasteiger partial charge in [0.1, 0.15) is 11.5 Å². The lowest BCUT2D eigenvalue weighted by Gasteiger charge is -2.26. The second-order valence-corrected chi connectivity index (χ2v) is 10.1. The van der Waals surface area contributed by atoms with Gasteiger partial charge in [0.15, 0.2) is 15.0 Å². The van der Waals surface area contributed by atoms with E-state index in [4.69, 9.17) is 9.47 Å². The van der Waals surface area contributed by atoms with E-state index in [9.17, 15) is 13.2 Å². The number of sulfone groups is 1. The summed E-state index contributed by atoms with van der Waals surface area (Å²) in [7, 11) is -0.0586. The molecule has 2 atom stereocenters. The second kappa shape index (κ2) is 7.72. The van der Waals surface area contributed by atoms with Gasteiger partial charge in [0.25, 0.3) is 5.91 Å². The molecule has 29 heavy (non-hydrogen) atoms. The molecule has 2 aliphatic heterocycles. The minimum absolute atomic E-state index is 0.00355. The molecule has 2 fully saturated rings. The highest BCUT2D eigenvalue weighted by molar-refractivity contribution is 8.16.